The van der Waals surface area contributed by atoms with Gasteiger partial charge in [0.2, 0.25) is 5.95 Å². The van der Waals surface area contributed by atoms with E-state index >= 15 is 0 Å². The van der Waals surface area contributed by atoms with Crippen LogP contribution in [0.15, 0.2) is 24.3 Å². The number of benzene rings is 1. The molecule has 0 aliphatic heterocycles. The molecule has 0 aliphatic rings. The van der Waals surface area contributed by atoms with E-state index in [1.54, 1.807) is 24.3 Å². The van der Waals surface area contributed by atoms with Crippen LogP contribution < -0.4 is 15.2 Å². The smallest absolute Gasteiger partial charge is 0.330 e. The Labute approximate surface area is 115 Å². The van der Waals surface area contributed by atoms with Gasteiger partial charge in [-0.25, -0.2) is 0 Å². The third-order valence-electron chi connectivity index (χ3n) is 1.98. The van der Waals surface area contributed by atoms with Gasteiger partial charge in [0.05, 0.1) is 6.10 Å². The van der Waals surface area contributed by atoms with E-state index < -0.39 is 0 Å². The Morgan fingerprint density at radius 1 is 1.05 bits per heavy atom. The van der Waals surface area contributed by atoms with Crippen molar-refractivity contribution in [3.8, 4) is 17.8 Å². The fraction of sp³-hybridized carbons (Fsp3) is 0.250. The van der Waals surface area contributed by atoms with Crippen molar-refractivity contribution in [1.29, 1.82) is 0 Å². The highest BCUT2D eigenvalue weighted by Gasteiger charge is 2.09. The zero-order valence-electron chi connectivity index (χ0n) is 10.5. The molecule has 0 bridgehead atoms. The van der Waals surface area contributed by atoms with Gasteiger partial charge in [-0.1, -0.05) is 11.6 Å². The molecule has 100 valence electrons. The van der Waals surface area contributed by atoms with E-state index in [-0.39, 0.29) is 24.1 Å². The Morgan fingerprint density at radius 3 is 2.32 bits per heavy atom. The summed E-state index contributed by atoms with van der Waals surface area (Å²) in [6.07, 6.45) is -0.0646. The number of rotatable bonds is 4. The van der Waals surface area contributed by atoms with Crippen molar-refractivity contribution in [1.82, 2.24) is 15.0 Å². The second-order valence-corrected chi connectivity index (χ2v) is 4.42. The van der Waals surface area contributed by atoms with Gasteiger partial charge in [-0.15, -0.1) is 4.98 Å². The topological polar surface area (TPSA) is 83.2 Å². The van der Waals surface area contributed by atoms with E-state index in [0.717, 1.165) is 0 Å². The van der Waals surface area contributed by atoms with Crippen molar-refractivity contribution in [3.63, 3.8) is 0 Å². The number of anilines is 1. The zero-order chi connectivity index (χ0) is 13.8. The van der Waals surface area contributed by atoms with Crippen LogP contribution in [0.1, 0.15) is 13.8 Å². The van der Waals surface area contributed by atoms with Crippen LogP contribution in [0.25, 0.3) is 0 Å². The van der Waals surface area contributed by atoms with Gasteiger partial charge in [-0.3, -0.25) is 0 Å². The molecule has 0 spiro atoms. The van der Waals surface area contributed by atoms with Crippen LogP contribution in [0, 0.1) is 0 Å². The molecule has 1 aromatic heterocycles. The fourth-order valence-electron chi connectivity index (χ4n) is 1.27. The number of nitrogen functional groups attached to an aromatic ring is 1. The number of halogens is 1. The summed E-state index contributed by atoms with van der Waals surface area (Å²) in [6, 6.07) is 7.01. The largest absolute Gasteiger partial charge is 0.461 e. The maximum atomic E-state index is 5.79. The maximum Gasteiger partial charge on any atom is 0.330 e. The van der Waals surface area contributed by atoms with Crippen molar-refractivity contribution < 1.29 is 9.47 Å². The minimum atomic E-state index is -0.0646. The molecule has 0 amide bonds. The van der Waals surface area contributed by atoms with Crippen molar-refractivity contribution in [2.45, 2.75) is 20.0 Å². The normalized spacial score (nSPS) is 10.5. The lowest BCUT2D eigenvalue weighted by molar-refractivity contribution is 0.219. The van der Waals surface area contributed by atoms with E-state index in [1.165, 1.54) is 0 Å². The molecule has 1 aromatic carbocycles. The highest BCUT2D eigenvalue weighted by Crippen LogP contribution is 2.21. The zero-order valence-corrected chi connectivity index (χ0v) is 11.3. The van der Waals surface area contributed by atoms with Crippen molar-refractivity contribution in [2.24, 2.45) is 0 Å². The molecule has 0 fully saturated rings. The van der Waals surface area contributed by atoms with Crippen LogP contribution >= 0.6 is 11.6 Å². The molecule has 2 N–H and O–H groups in total. The molecular formula is C12H13ClN4O2. The van der Waals surface area contributed by atoms with Crippen molar-refractivity contribution in [2.75, 3.05) is 5.73 Å². The summed E-state index contributed by atoms with van der Waals surface area (Å²) in [4.78, 5) is 11.8. The number of aromatic nitrogens is 3. The van der Waals surface area contributed by atoms with Crippen LogP contribution in [0.5, 0.6) is 17.8 Å². The summed E-state index contributed by atoms with van der Waals surface area (Å²) in [5.74, 6) is 0.583. The van der Waals surface area contributed by atoms with Crippen molar-refractivity contribution in [3.05, 3.63) is 29.3 Å². The van der Waals surface area contributed by atoms with E-state index in [2.05, 4.69) is 15.0 Å². The number of nitrogens with two attached hydrogens (primary N) is 1. The molecule has 0 atom stereocenters. The molecule has 2 aromatic rings. The SMILES string of the molecule is CC(C)Oc1nc(N)nc(Oc2ccc(Cl)cc2)n1. The summed E-state index contributed by atoms with van der Waals surface area (Å²) < 4.78 is 10.8. The van der Waals surface area contributed by atoms with E-state index in [1.807, 2.05) is 13.8 Å². The quantitative estimate of drug-likeness (QED) is 0.927. The summed E-state index contributed by atoms with van der Waals surface area (Å²) in [7, 11) is 0. The second-order valence-electron chi connectivity index (χ2n) is 3.98. The number of ether oxygens (including phenoxy) is 2. The van der Waals surface area contributed by atoms with Crippen LogP contribution in [0.2, 0.25) is 5.02 Å². The Kier molecular flexibility index (Phi) is 4.01. The minimum absolute atomic E-state index is 0.0367. The molecule has 0 unspecified atom stereocenters. The fourth-order valence-corrected chi connectivity index (χ4v) is 1.40. The van der Waals surface area contributed by atoms with Crippen LogP contribution in [0.4, 0.5) is 5.95 Å². The second kappa shape index (κ2) is 5.71. The van der Waals surface area contributed by atoms with Gasteiger partial charge in [0.1, 0.15) is 5.75 Å². The Balaban J connectivity index is 2.19. The van der Waals surface area contributed by atoms with E-state index in [4.69, 9.17) is 26.8 Å². The summed E-state index contributed by atoms with van der Waals surface area (Å²) in [5.41, 5.74) is 5.57. The molecule has 1 heterocycles. The lowest BCUT2D eigenvalue weighted by atomic mass is 10.3. The summed E-state index contributed by atoms with van der Waals surface area (Å²) >= 11 is 5.79. The average Bonchev–Trinajstić information content (AvgIpc) is 2.30. The third-order valence-corrected chi connectivity index (χ3v) is 2.23. The van der Waals surface area contributed by atoms with E-state index in [9.17, 15) is 0 Å². The Hall–Kier alpha value is -2.08. The molecule has 19 heavy (non-hydrogen) atoms. The first-order valence-electron chi connectivity index (χ1n) is 5.64. The third kappa shape index (κ3) is 3.96. The molecule has 0 saturated carbocycles. The standard InChI is InChI=1S/C12H13ClN4O2/c1-7(2)18-11-15-10(14)16-12(17-11)19-9-5-3-8(13)4-6-9/h3-7H,1-2H3,(H2,14,15,16,17). The molecule has 0 saturated heterocycles. The molecule has 0 radical (unpaired) electrons. The maximum absolute atomic E-state index is 5.79. The molecule has 7 heteroatoms. The van der Waals surface area contributed by atoms with Gasteiger partial charge in [-0.05, 0) is 38.1 Å². The highest BCUT2D eigenvalue weighted by molar-refractivity contribution is 6.30. The van der Waals surface area contributed by atoms with Crippen LogP contribution in [-0.4, -0.2) is 21.1 Å². The van der Waals surface area contributed by atoms with Gasteiger partial charge < -0.3 is 15.2 Å². The first-order valence-corrected chi connectivity index (χ1v) is 6.02. The molecule has 6 nitrogen and oxygen atoms in total. The molecule has 0 aliphatic carbocycles. The summed E-state index contributed by atoms with van der Waals surface area (Å²) in [5, 5.41) is 0.617. The number of hydrogen-bond acceptors (Lipinski definition) is 6. The van der Waals surface area contributed by atoms with Gasteiger partial charge in [0.15, 0.2) is 0 Å². The monoisotopic (exact) mass is 280 g/mol. The van der Waals surface area contributed by atoms with Gasteiger partial charge in [0, 0.05) is 5.02 Å². The van der Waals surface area contributed by atoms with Crippen LogP contribution in [0.3, 0.4) is 0 Å². The summed E-state index contributed by atoms with van der Waals surface area (Å²) in [6.45, 7) is 3.72. The van der Waals surface area contributed by atoms with Gasteiger partial charge in [-0.2, -0.15) is 9.97 Å². The van der Waals surface area contributed by atoms with Crippen molar-refractivity contribution >= 4 is 17.5 Å². The van der Waals surface area contributed by atoms with Crippen LogP contribution in [-0.2, 0) is 0 Å². The Morgan fingerprint density at radius 2 is 1.68 bits per heavy atom. The number of nitrogens with zero attached hydrogens (tertiary/aromatic N) is 3. The predicted molar refractivity (Wildman–Crippen MR) is 71.5 cm³/mol. The lowest BCUT2D eigenvalue weighted by Gasteiger charge is -2.09. The number of hydrogen-bond donors (Lipinski definition) is 1. The highest BCUT2D eigenvalue weighted by atomic mass is 35.5. The Bertz CT molecular complexity index is 560. The first-order chi connectivity index (χ1) is 9.02. The minimum Gasteiger partial charge on any atom is -0.461 e. The predicted octanol–water partition coefficient (Wildman–Crippen LogP) is 2.69. The lowest BCUT2D eigenvalue weighted by Crippen LogP contribution is -2.10. The van der Waals surface area contributed by atoms with Gasteiger partial charge in [0.25, 0.3) is 0 Å². The first kappa shape index (κ1) is 13.4. The van der Waals surface area contributed by atoms with E-state index in [0.29, 0.717) is 10.8 Å². The van der Waals surface area contributed by atoms with Gasteiger partial charge >= 0.3 is 12.0 Å². The average molecular weight is 281 g/mol. The molecule has 2 rings (SSSR count). The molecular weight excluding hydrogens is 268 g/mol.